The Hall–Kier alpha value is -3.24. The van der Waals surface area contributed by atoms with Crippen LogP contribution >= 0.6 is 0 Å². The molecular formula is C24H28N4O5. The molecule has 1 aliphatic heterocycles. The van der Waals surface area contributed by atoms with Crippen LogP contribution in [0.5, 0.6) is 5.88 Å². The summed E-state index contributed by atoms with van der Waals surface area (Å²) in [6.45, 7) is 3.66. The SMILES string of the molecule is NCCOCCOCCOCCON=C1C(c2c(O)[nH]c3ccccc23)=Nc2ccccc21. The maximum Gasteiger partial charge on any atom is 0.199 e. The van der Waals surface area contributed by atoms with Crippen LogP contribution in [-0.2, 0) is 19.0 Å². The van der Waals surface area contributed by atoms with Crippen molar-refractivity contribution in [1.82, 2.24) is 4.98 Å². The Morgan fingerprint density at radius 2 is 1.52 bits per heavy atom. The molecule has 1 aromatic heterocycles. The molecule has 0 fully saturated rings. The van der Waals surface area contributed by atoms with E-state index in [1.807, 2.05) is 48.5 Å². The van der Waals surface area contributed by atoms with E-state index in [-0.39, 0.29) is 12.5 Å². The highest BCUT2D eigenvalue weighted by atomic mass is 16.6. The Bertz CT molecular complexity index is 1120. The van der Waals surface area contributed by atoms with Crippen LogP contribution in [0, 0.1) is 0 Å². The van der Waals surface area contributed by atoms with Crippen molar-refractivity contribution >= 4 is 28.0 Å². The quantitative estimate of drug-likeness (QED) is 0.271. The molecule has 33 heavy (non-hydrogen) atoms. The van der Waals surface area contributed by atoms with Gasteiger partial charge in [-0.1, -0.05) is 41.6 Å². The molecule has 0 atom stereocenters. The summed E-state index contributed by atoms with van der Waals surface area (Å²) in [7, 11) is 0. The number of aromatic nitrogens is 1. The van der Waals surface area contributed by atoms with Gasteiger partial charge in [0.05, 0.1) is 50.9 Å². The molecule has 0 radical (unpaired) electrons. The van der Waals surface area contributed by atoms with Crippen molar-refractivity contribution in [1.29, 1.82) is 0 Å². The molecule has 4 rings (SSSR count). The Morgan fingerprint density at radius 3 is 2.30 bits per heavy atom. The van der Waals surface area contributed by atoms with Gasteiger partial charge in [0.15, 0.2) is 5.88 Å². The van der Waals surface area contributed by atoms with Crippen molar-refractivity contribution in [2.75, 3.05) is 52.8 Å². The van der Waals surface area contributed by atoms with Crippen molar-refractivity contribution < 1.29 is 24.2 Å². The molecular weight excluding hydrogens is 424 g/mol. The number of nitrogens with two attached hydrogens (primary N) is 1. The van der Waals surface area contributed by atoms with Gasteiger partial charge >= 0.3 is 0 Å². The van der Waals surface area contributed by atoms with Gasteiger partial charge in [-0.3, -0.25) is 0 Å². The van der Waals surface area contributed by atoms with Gasteiger partial charge in [-0.2, -0.15) is 0 Å². The molecule has 0 spiro atoms. The number of para-hydroxylation sites is 2. The number of aromatic hydroxyl groups is 1. The molecule has 174 valence electrons. The normalized spacial score (nSPS) is 14.1. The Kier molecular flexibility index (Phi) is 8.04. The average molecular weight is 453 g/mol. The van der Waals surface area contributed by atoms with Crippen LogP contribution in [0.15, 0.2) is 58.7 Å². The minimum Gasteiger partial charge on any atom is -0.494 e. The van der Waals surface area contributed by atoms with Gasteiger partial charge in [0.1, 0.15) is 18.0 Å². The Balaban J connectivity index is 1.34. The van der Waals surface area contributed by atoms with E-state index in [1.165, 1.54) is 0 Å². The topological polar surface area (TPSA) is 124 Å². The summed E-state index contributed by atoms with van der Waals surface area (Å²) in [4.78, 5) is 13.3. The number of hydrogen-bond donors (Lipinski definition) is 3. The van der Waals surface area contributed by atoms with Gasteiger partial charge < -0.3 is 34.9 Å². The number of aromatic amines is 1. The van der Waals surface area contributed by atoms with E-state index < -0.39 is 0 Å². The Labute approximate surface area is 191 Å². The molecule has 0 amide bonds. The largest absolute Gasteiger partial charge is 0.494 e. The molecule has 0 saturated heterocycles. The number of aliphatic imine (C=N–C) groups is 1. The molecule has 3 aromatic rings. The lowest BCUT2D eigenvalue weighted by Crippen LogP contribution is -2.15. The fraction of sp³-hybridized carbons (Fsp3) is 0.333. The Morgan fingerprint density at radius 1 is 0.848 bits per heavy atom. The lowest BCUT2D eigenvalue weighted by atomic mass is 10.0. The minimum atomic E-state index is 0.0483. The van der Waals surface area contributed by atoms with E-state index in [9.17, 15) is 5.11 Å². The number of ether oxygens (including phenoxy) is 3. The van der Waals surface area contributed by atoms with Crippen molar-refractivity contribution in [2.45, 2.75) is 0 Å². The third-order valence-corrected chi connectivity index (χ3v) is 5.02. The molecule has 0 unspecified atom stereocenters. The molecule has 4 N–H and O–H groups in total. The first-order chi connectivity index (χ1) is 16.3. The number of fused-ring (bicyclic) bond motifs is 2. The van der Waals surface area contributed by atoms with Gasteiger partial charge in [0.2, 0.25) is 0 Å². The maximum absolute atomic E-state index is 10.6. The van der Waals surface area contributed by atoms with Gasteiger partial charge in [-0.25, -0.2) is 4.99 Å². The van der Waals surface area contributed by atoms with Gasteiger partial charge in [-0.15, -0.1) is 0 Å². The minimum absolute atomic E-state index is 0.0483. The predicted octanol–water partition coefficient (Wildman–Crippen LogP) is 2.74. The summed E-state index contributed by atoms with van der Waals surface area (Å²) in [6, 6.07) is 15.4. The van der Waals surface area contributed by atoms with Gasteiger partial charge in [0.25, 0.3) is 0 Å². The van der Waals surface area contributed by atoms with Crippen LogP contribution in [0.2, 0.25) is 0 Å². The predicted molar refractivity (Wildman–Crippen MR) is 127 cm³/mol. The molecule has 2 heterocycles. The van der Waals surface area contributed by atoms with E-state index in [4.69, 9.17) is 29.8 Å². The number of H-pyrrole nitrogens is 1. The van der Waals surface area contributed by atoms with Crippen LogP contribution < -0.4 is 5.73 Å². The van der Waals surface area contributed by atoms with Gasteiger partial charge in [0, 0.05) is 23.0 Å². The monoisotopic (exact) mass is 452 g/mol. The number of benzene rings is 2. The molecule has 2 aromatic carbocycles. The molecule has 0 bridgehead atoms. The van der Waals surface area contributed by atoms with E-state index in [0.717, 1.165) is 22.2 Å². The van der Waals surface area contributed by atoms with Crippen molar-refractivity contribution in [2.24, 2.45) is 15.9 Å². The molecule has 0 aliphatic carbocycles. The first-order valence-electron chi connectivity index (χ1n) is 10.9. The fourth-order valence-electron chi connectivity index (χ4n) is 3.54. The van der Waals surface area contributed by atoms with E-state index >= 15 is 0 Å². The third kappa shape index (κ3) is 5.58. The number of rotatable bonds is 13. The zero-order chi connectivity index (χ0) is 22.9. The molecule has 1 aliphatic rings. The van der Waals surface area contributed by atoms with Crippen LogP contribution in [-0.4, -0.2) is 74.3 Å². The van der Waals surface area contributed by atoms with Crippen molar-refractivity contribution in [3.63, 3.8) is 0 Å². The summed E-state index contributed by atoms with van der Waals surface area (Å²) >= 11 is 0. The average Bonchev–Trinajstić information content (AvgIpc) is 3.36. The molecule has 9 nitrogen and oxygen atoms in total. The zero-order valence-corrected chi connectivity index (χ0v) is 18.3. The number of nitrogens with one attached hydrogen (secondary N) is 1. The molecule has 9 heteroatoms. The fourth-order valence-corrected chi connectivity index (χ4v) is 3.54. The number of nitrogens with zero attached hydrogens (tertiary/aromatic N) is 2. The van der Waals surface area contributed by atoms with Crippen LogP contribution in [0.25, 0.3) is 10.9 Å². The highest BCUT2D eigenvalue weighted by Crippen LogP contribution is 2.35. The summed E-state index contributed by atoms with van der Waals surface area (Å²) < 4.78 is 16.2. The number of hydrogen-bond acceptors (Lipinski definition) is 8. The highest BCUT2D eigenvalue weighted by molar-refractivity contribution is 6.58. The molecule has 0 saturated carbocycles. The highest BCUT2D eigenvalue weighted by Gasteiger charge is 2.29. The second-order valence-electron chi connectivity index (χ2n) is 7.27. The van der Waals surface area contributed by atoms with E-state index in [2.05, 4.69) is 10.1 Å². The maximum atomic E-state index is 10.6. The second-order valence-corrected chi connectivity index (χ2v) is 7.27. The second kappa shape index (κ2) is 11.6. The van der Waals surface area contributed by atoms with E-state index in [1.54, 1.807) is 0 Å². The summed E-state index contributed by atoms with van der Waals surface area (Å²) in [6.07, 6.45) is 0. The van der Waals surface area contributed by atoms with Crippen molar-refractivity contribution in [3.8, 4) is 5.88 Å². The summed E-state index contributed by atoms with van der Waals surface area (Å²) in [5, 5.41) is 15.8. The lowest BCUT2D eigenvalue weighted by molar-refractivity contribution is -0.000231. The van der Waals surface area contributed by atoms with Crippen LogP contribution in [0.3, 0.4) is 0 Å². The lowest BCUT2D eigenvalue weighted by Gasteiger charge is -2.07. The first-order valence-corrected chi connectivity index (χ1v) is 10.9. The first kappa shape index (κ1) is 22.9. The summed E-state index contributed by atoms with van der Waals surface area (Å²) in [5.41, 5.74) is 9.55. The van der Waals surface area contributed by atoms with E-state index in [0.29, 0.717) is 63.2 Å². The zero-order valence-electron chi connectivity index (χ0n) is 18.3. The van der Waals surface area contributed by atoms with Crippen LogP contribution in [0.4, 0.5) is 5.69 Å². The number of oxime groups is 1. The van der Waals surface area contributed by atoms with Gasteiger partial charge in [-0.05, 0) is 12.1 Å². The smallest absolute Gasteiger partial charge is 0.199 e. The standard InChI is InChI=1S/C24H28N4O5/c25-9-10-30-11-12-31-13-14-32-15-16-33-28-22-18-6-2-4-8-20(18)26-23(22)21-17-5-1-3-7-19(17)27-24(21)29/h1-8,27,29H,9-16,25H2. The third-order valence-electron chi connectivity index (χ3n) is 5.02. The summed E-state index contributed by atoms with van der Waals surface area (Å²) in [5.74, 6) is 0.0483. The van der Waals surface area contributed by atoms with Crippen molar-refractivity contribution in [3.05, 3.63) is 59.7 Å². The van der Waals surface area contributed by atoms with Crippen LogP contribution in [0.1, 0.15) is 11.1 Å².